The molecule has 0 spiro atoms. The van der Waals surface area contributed by atoms with Gasteiger partial charge in [-0.3, -0.25) is 0 Å². The van der Waals surface area contributed by atoms with Crippen LogP contribution in [0.3, 0.4) is 0 Å². The fraction of sp³-hybridized carbons (Fsp3) is 0.412. The normalized spacial score (nSPS) is 16.4. The number of halogens is 2. The number of ether oxygens (including phenoxy) is 1. The summed E-state index contributed by atoms with van der Waals surface area (Å²) in [6.07, 6.45) is 1.70. The Balaban J connectivity index is 1.90. The van der Waals surface area contributed by atoms with Crippen LogP contribution in [-0.4, -0.2) is 38.5 Å². The fourth-order valence-electron chi connectivity index (χ4n) is 2.96. The predicted molar refractivity (Wildman–Crippen MR) is 92.1 cm³/mol. The summed E-state index contributed by atoms with van der Waals surface area (Å²) in [4.78, 5) is 0.723. The van der Waals surface area contributed by atoms with Crippen molar-refractivity contribution >= 4 is 21.4 Å². The Morgan fingerprint density at radius 1 is 1.16 bits per heavy atom. The summed E-state index contributed by atoms with van der Waals surface area (Å²) in [6, 6.07) is 6.04. The number of benzene rings is 1. The Bertz CT molecular complexity index is 783. The van der Waals surface area contributed by atoms with Crippen molar-refractivity contribution in [3.63, 3.8) is 0 Å². The molecule has 0 unspecified atom stereocenters. The Morgan fingerprint density at radius 3 is 2.44 bits per heavy atom. The summed E-state index contributed by atoms with van der Waals surface area (Å²) in [7, 11) is -4.00. The number of nitrogens with zero attached hydrogens (tertiary/aromatic N) is 1. The molecule has 1 saturated heterocycles. The Hall–Kier alpha value is -1.35. The zero-order chi connectivity index (χ0) is 17.9. The summed E-state index contributed by atoms with van der Waals surface area (Å²) in [5.74, 6) is -1.80. The van der Waals surface area contributed by atoms with E-state index in [1.54, 1.807) is 11.3 Å². The maximum absolute atomic E-state index is 13.5. The van der Waals surface area contributed by atoms with Crippen molar-refractivity contribution in [1.82, 2.24) is 4.31 Å². The largest absolute Gasteiger partial charge is 0.381 e. The van der Waals surface area contributed by atoms with Crippen LogP contribution in [0.2, 0.25) is 0 Å². The van der Waals surface area contributed by atoms with Crippen LogP contribution in [-0.2, 0) is 21.2 Å². The quantitative estimate of drug-likeness (QED) is 0.763. The monoisotopic (exact) mass is 387 g/mol. The second-order valence-corrected chi connectivity index (χ2v) is 8.82. The van der Waals surface area contributed by atoms with Gasteiger partial charge in [0.2, 0.25) is 10.0 Å². The highest BCUT2D eigenvalue weighted by molar-refractivity contribution is 7.89. The third-order valence-corrected chi connectivity index (χ3v) is 7.07. The SMILES string of the molecule is O=S(=O)(c1cc(F)cc(F)c1)N(CCc1cccs1)C1CCOCC1. The molecule has 3 rings (SSSR count). The van der Waals surface area contributed by atoms with Crippen molar-refractivity contribution in [2.75, 3.05) is 19.8 Å². The van der Waals surface area contributed by atoms with E-state index in [1.165, 1.54) is 4.31 Å². The van der Waals surface area contributed by atoms with Crippen LogP contribution in [0.1, 0.15) is 17.7 Å². The van der Waals surface area contributed by atoms with Crippen LogP contribution >= 0.6 is 11.3 Å². The van der Waals surface area contributed by atoms with Gasteiger partial charge < -0.3 is 4.74 Å². The minimum atomic E-state index is -4.00. The molecule has 0 aliphatic carbocycles. The molecule has 1 aliphatic rings. The van der Waals surface area contributed by atoms with Gasteiger partial charge in [0.15, 0.2) is 0 Å². The third kappa shape index (κ3) is 4.44. The van der Waals surface area contributed by atoms with E-state index in [0.29, 0.717) is 38.5 Å². The molecule has 2 aromatic rings. The van der Waals surface area contributed by atoms with Gasteiger partial charge in [-0.05, 0) is 42.8 Å². The van der Waals surface area contributed by atoms with Crippen molar-refractivity contribution in [2.24, 2.45) is 0 Å². The van der Waals surface area contributed by atoms with Crippen LogP contribution in [0, 0.1) is 11.6 Å². The molecule has 0 N–H and O–H groups in total. The first-order valence-electron chi connectivity index (χ1n) is 8.05. The molecule has 1 fully saturated rings. The summed E-state index contributed by atoms with van der Waals surface area (Å²) in [6.45, 7) is 1.23. The first kappa shape index (κ1) is 18.4. The van der Waals surface area contributed by atoms with Gasteiger partial charge in [0.1, 0.15) is 11.6 Å². The predicted octanol–water partition coefficient (Wildman–Crippen LogP) is 3.44. The first-order chi connectivity index (χ1) is 12.0. The fourth-order valence-corrected chi connectivity index (χ4v) is 5.39. The maximum Gasteiger partial charge on any atom is 0.243 e. The summed E-state index contributed by atoms with van der Waals surface area (Å²) >= 11 is 1.56. The van der Waals surface area contributed by atoms with E-state index in [-0.39, 0.29) is 17.5 Å². The number of hydrogen-bond acceptors (Lipinski definition) is 4. The van der Waals surface area contributed by atoms with Gasteiger partial charge in [-0.1, -0.05) is 6.07 Å². The smallest absolute Gasteiger partial charge is 0.243 e. The van der Waals surface area contributed by atoms with Crippen LogP contribution in [0.25, 0.3) is 0 Å². The lowest BCUT2D eigenvalue weighted by Gasteiger charge is -2.33. The average Bonchev–Trinajstić information content (AvgIpc) is 3.08. The lowest BCUT2D eigenvalue weighted by atomic mass is 10.1. The Morgan fingerprint density at radius 2 is 1.84 bits per heavy atom. The lowest BCUT2D eigenvalue weighted by Crippen LogP contribution is -2.44. The molecule has 1 aromatic heterocycles. The molecule has 136 valence electrons. The molecule has 0 saturated carbocycles. The molecule has 0 amide bonds. The Kier molecular flexibility index (Phi) is 5.83. The Labute approximate surface area is 150 Å². The van der Waals surface area contributed by atoms with Crippen molar-refractivity contribution in [2.45, 2.75) is 30.2 Å². The van der Waals surface area contributed by atoms with Crippen molar-refractivity contribution in [1.29, 1.82) is 0 Å². The van der Waals surface area contributed by atoms with Gasteiger partial charge in [0.25, 0.3) is 0 Å². The molecule has 0 radical (unpaired) electrons. The molecule has 2 heterocycles. The molecule has 1 aliphatic heterocycles. The van der Waals surface area contributed by atoms with E-state index in [1.807, 2.05) is 17.5 Å². The van der Waals surface area contributed by atoms with E-state index in [2.05, 4.69) is 0 Å². The maximum atomic E-state index is 13.5. The molecule has 4 nitrogen and oxygen atoms in total. The summed E-state index contributed by atoms with van der Waals surface area (Å²) < 4.78 is 59.9. The second-order valence-electron chi connectivity index (χ2n) is 5.89. The van der Waals surface area contributed by atoms with Crippen molar-refractivity contribution in [3.8, 4) is 0 Å². The molecular formula is C17H19F2NO3S2. The topological polar surface area (TPSA) is 46.6 Å². The third-order valence-electron chi connectivity index (χ3n) is 4.20. The van der Waals surface area contributed by atoms with Gasteiger partial charge in [-0.15, -0.1) is 11.3 Å². The summed E-state index contributed by atoms with van der Waals surface area (Å²) in [5, 5.41) is 1.94. The minimum absolute atomic E-state index is 0.231. The highest BCUT2D eigenvalue weighted by atomic mass is 32.2. The van der Waals surface area contributed by atoms with Crippen molar-refractivity contribution < 1.29 is 21.9 Å². The molecule has 0 atom stereocenters. The van der Waals surface area contributed by atoms with Crippen molar-refractivity contribution in [3.05, 3.63) is 52.2 Å². The van der Waals surface area contributed by atoms with Gasteiger partial charge in [-0.25, -0.2) is 17.2 Å². The van der Waals surface area contributed by atoms with Crippen LogP contribution < -0.4 is 0 Å². The highest BCUT2D eigenvalue weighted by Gasteiger charge is 2.33. The number of rotatable bonds is 6. The second kappa shape index (κ2) is 7.90. The average molecular weight is 387 g/mol. The zero-order valence-corrected chi connectivity index (χ0v) is 15.2. The highest BCUT2D eigenvalue weighted by Crippen LogP contribution is 2.25. The van der Waals surface area contributed by atoms with Gasteiger partial charge in [-0.2, -0.15) is 4.31 Å². The first-order valence-corrected chi connectivity index (χ1v) is 10.4. The molecular weight excluding hydrogens is 368 g/mol. The van der Waals surface area contributed by atoms with Gasteiger partial charge in [0, 0.05) is 36.7 Å². The molecule has 25 heavy (non-hydrogen) atoms. The van der Waals surface area contributed by atoms with Crippen LogP contribution in [0.15, 0.2) is 40.6 Å². The van der Waals surface area contributed by atoms with E-state index in [9.17, 15) is 17.2 Å². The standard InChI is InChI=1S/C17H19F2NO3S2/c18-13-10-14(19)12-17(11-13)25(21,22)20(15-4-7-23-8-5-15)6-3-16-2-1-9-24-16/h1-2,9-12,15H,3-8H2. The molecule has 0 bridgehead atoms. The molecule has 1 aromatic carbocycles. The van der Waals surface area contributed by atoms with E-state index in [4.69, 9.17) is 4.74 Å². The molecule has 8 heteroatoms. The van der Waals surface area contributed by atoms with E-state index >= 15 is 0 Å². The van der Waals surface area contributed by atoms with E-state index in [0.717, 1.165) is 17.0 Å². The van der Waals surface area contributed by atoms with Gasteiger partial charge in [0.05, 0.1) is 4.90 Å². The zero-order valence-electron chi connectivity index (χ0n) is 13.5. The minimum Gasteiger partial charge on any atom is -0.381 e. The van der Waals surface area contributed by atoms with Crippen LogP contribution in [0.4, 0.5) is 8.78 Å². The number of sulfonamides is 1. The van der Waals surface area contributed by atoms with Crippen LogP contribution in [0.5, 0.6) is 0 Å². The number of thiophene rings is 1. The lowest BCUT2D eigenvalue weighted by molar-refractivity contribution is 0.0587. The summed E-state index contributed by atoms with van der Waals surface area (Å²) in [5.41, 5.74) is 0. The number of hydrogen-bond donors (Lipinski definition) is 0. The van der Waals surface area contributed by atoms with E-state index < -0.39 is 21.7 Å². The van der Waals surface area contributed by atoms with Gasteiger partial charge >= 0.3 is 0 Å².